The molecule has 7 heteroatoms. The number of carbonyl (C=O) groups is 2. The zero-order chi connectivity index (χ0) is 16.5. The predicted octanol–water partition coefficient (Wildman–Crippen LogP) is 1.16. The minimum Gasteiger partial charge on any atom is -0.481 e. The summed E-state index contributed by atoms with van der Waals surface area (Å²) in [5, 5.41) is 8.83. The number of amides is 1. The van der Waals surface area contributed by atoms with Crippen LogP contribution >= 0.6 is 0 Å². The number of aliphatic carboxylic acids is 1. The van der Waals surface area contributed by atoms with Gasteiger partial charge in [-0.1, -0.05) is 13.8 Å². The van der Waals surface area contributed by atoms with E-state index in [9.17, 15) is 18.0 Å². The van der Waals surface area contributed by atoms with Gasteiger partial charge in [0.2, 0.25) is 5.91 Å². The van der Waals surface area contributed by atoms with Crippen LogP contribution in [0, 0.1) is 17.3 Å². The van der Waals surface area contributed by atoms with Crippen molar-refractivity contribution in [3.8, 4) is 0 Å². The topological polar surface area (TPSA) is 91.8 Å². The minimum absolute atomic E-state index is 0.00856. The van der Waals surface area contributed by atoms with Gasteiger partial charge >= 0.3 is 5.97 Å². The van der Waals surface area contributed by atoms with Gasteiger partial charge in [-0.2, -0.15) is 0 Å². The van der Waals surface area contributed by atoms with Gasteiger partial charge in [-0.25, -0.2) is 8.42 Å². The molecule has 1 saturated heterocycles. The van der Waals surface area contributed by atoms with Crippen LogP contribution in [0.2, 0.25) is 0 Å². The van der Waals surface area contributed by atoms with Gasteiger partial charge in [0, 0.05) is 19.0 Å². The molecule has 1 saturated carbocycles. The second-order valence-electron chi connectivity index (χ2n) is 7.09. The monoisotopic (exact) mass is 331 g/mol. The predicted molar refractivity (Wildman–Crippen MR) is 82.1 cm³/mol. The van der Waals surface area contributed by atoms with E-state index in [1.54, 1.807) is 4.90 Å². The number of carboxylic acids is 1. The highest BCUT2D eigenvalue weighted by atomic mass is 32.2. The lowest BCUT2D eigenvalue weighted by Gasteiger charge is -2.27. The van der Waals surface area contributed by atoms with Crippen molar-refractivity contribution in [2.24, 2.45) is 17.3 Å². The first-order valence-electron chi connectivity index (χ1n) is 7.86. The highest BCUT2D eigenvalue weighted by Gasteiger charge is 2.60. The molecule has 2 rings (SSSR count). The summed E-state index contributed by atoms with van der Waals surface area (Å²) in [4.78, 5) is 25.1. The molecule has 1 N–H and O–H groups in total. The van der Waals surface area contributed by atoms with Crippen LogP contribution in [0.4, 0.5) is 0 Å². The van der Waals surface area contributed by atoms with E-state index in [-0.39, 0.29) is 47.6 Å². The maximum atomic E-state index is 12.7. The van der Waals surface area contributed by atoms with E-state index in [0.29, 0.717) is 19.4 Å². The van der Waals surface area contributed by atoms with Crippen LogP contribution in [0.3, 0.4) is 0 Å². The lowest BCUT2D eigenvalue weighted by Crippen LogP contribution is -2.39. The second-order valence-corrected chi connectivity index (χ2v) is 9.40. The number of hydrogen-bond acceptors (Lipinski definition) is 4. The molecule has 0 bridgehead atoms. The third-order valence-corrected chi connectivity index (χ3v) is 6.45. The molecule has 6 nitrogen and oxygen atoms in total. The molecule has 0 radical (unpaired) electrons. The van der Waals surface area contributed by atoms with Gasteiger partial charge in [-0.15, -0.1) is 0 Å². The standard InChI is InChI=1S/C15H25NO5S/c1-11(2)10-16(6-3-13(17)18)14(19)12-9-15(12)4-7-22(20,21)8-5-15/h11-12H,3-10H2,1-2H3,(H,17,18). The molecule has 0 aromatic carbocycles. The van der Waals surface area contributed by atoms with Gasteiger partial charge in [0.05, 0.1) is 17.9 Å². The highest BCUT2D eigenvalue weighted by Crippen LogP contribution is 2.60. The van der Waals surface area contributed by atoms with Crippen LogP contribution in [-0.4, -0.2) is 54.9 Å². The molecule has 1 amide bonds. The van der Waals surface area contributed by atoms with Gasteiger partial charge in [-0.05, 0) is 30.6 Å². The third-order valence-electron chi connectivity index (χ3n) is 4.80. The lowest BCUT2D eigenvalue weighted by molar-refractivity contribution is -0.139. The summed E-state index contributed by atoms with van der Waals surface area (Å²) < 4.78 is 23.1. The Balaban J connectivity index is 1.98. The Bertz CT molecular complexity index is 540. The van der Waals surface area contributed by atoms with Crippen LogP contribution in [0.25, 0.3) is 0 Å². The Kier molecular flexibility index (Phi) is 4.84. The summed E-state index contributed by atoms with van der Waals surface area (Å²) in [6, 6.07) is 0. The molecule has 2 fully saturated rings. The van der Waals surface area contributed by atoms with Crippen LogP contribution in [0.15, 0.2) is 0 Å². The molecule has 2 aliphatic rings. The van der Waals surface area contributed by atoms with E-state index in [4.69, 9.17) is 5.11 Å². The van der Waals surface area contributed by atoms with Crippen molar-refractivity contribution in [3.05, 3.63) is 0 Å². The van der Waals surface area contributed by atoms with Crippen molar-refractivity contribution in [2.75, 3.05) is 24.6 Å². The average molecular weight is 331 g/mol. The van der Waals surface area contributed by atoms with Crippen LogP contribution in [0.5, 0.6) is 0 Å². The van der Waals surface area contributed by atoms with Crippen molar-refractivity contribution in [2.45, 2.75) is 39.5 Å². The summed E-state index contributed by atoms with van der Waals surface area (Å²) in [6.07, 6.45) is 1.84. The molecule has 1 heterocycles. The van der Waals surface area contributed by atoms with Crippen LogP contribution in [-0.2, 0) is 19.4 Å². The van der Waals surface area contributed by atoms with Gasteiger partial charge < -0.3 is 10.0 Å². The second kappa shape index (κ2) is 6.18. The average Bonchev–Trinajstić information content (AvgIpc) is 3.12. The first-order chi connectivity index (χ1) is 10.2. The Hall–Kier alpha value is -1.11. The van der Waals surface area contributed by atoms with E-state index >= 15 is 0 Å². The number of sulfone groups is 1. The van der Waals surface area contributed by atoms with Crippen LogP contribution < -0.4 is 0 Å². The van der Waals surface area contributed by atoms with Gasteiger partial charge in [0.1, 0.15) is 9.84 Å². The summed E-state index contributed by atoms with van der Waals surface area (Å²) in [7, 11) is -2.93. The number of hydrogen-bond donors (Lipinski definition) is 1. The van der Waals surface area contributed by atoms with E-state index < -0.39 is 15.8 Å². The summed E-state index contributed by atoms with van der Waals surface area (Å²) in [5.74, 6) is -0.383. The number of rotatable bonds is 6. The van der Waals surface area contributed by atoms with Crippen molar-refractivity contribution in [3.63, 3.8) is 0 Å². The molecule has 1 aliphatic carbocycles. The molecule has 1 aliphatic heterocycles. The molecular weight excluding hydrogens is 306 g/mol. The van der Waals surface area contributed by atoms with E-state index in [2.05, 4.69) is 0 Å². The quantitative estimate of drug-likeness (QED) is 0.788. The SMILES string of the molecule is CC(C)CN(CCC(=O)O)C(=O)C1CC12CCS(=O)(=O)CC2. The first kappa shape index (κ1) is 17.2. The molecule has 0 aromatic heterocycles. The summed E-state index contributed by atoms with van der Waals surface area (Å²) in [5.41, 5.74) is -0.138. The van der Waals surface area contributed by atoms with Crippen molar-refractivity contribution < 1.29 is 23.1 Å². The van der Waals surface area contributed by atoms with E-state index in [0.717, 1.165) is 6.42 Å². The van der Waals surface area contributed by atoms with Gasteiger partial charge in [-0.3, -0.25) is 9.59 Å². The maximum absolute atomic E-state index is 12.7. The van der Waals surface area contributed by atoms with Crippen molar-refractivity contribution in [1.29, 1.82) is 0 Å². The molecule has 1 atom stereocenters. The Morgan fingerprint density at radius 1 is 1.27 bits per heavy atom. The Morgan fingerprint density at radius 2 is 1.86 bits per heavy atom. The zero-order valence-corrected chi connectivity index (χ0v) is 14.1. The fourth-order valence-electron chi connectivity index (χ4n) is 3.38. The molecule has 1 unspecified atom stereocenters. The van der Waals surface area contributed by atoms with Gasteiger partial charge in [0.15, 0.2) is 0 Å². The molecule has 126 valence electrons. The smallest absolute Gasteiger partial charge is 0.305 e. The third kappa shape index (κ3) is 4.00. The maximum Gasteiger partial charge on any atom is 0.305 e. The lowest BCUT2D eigenvalue weighted by atomic mass is 9.95. The number of carbonyl (C=O) groups excluding carboxylic acids is 1. The number of carboxylic acid groups (broad SMARTS) is 1. The molecule has 1 spiro atoms. The van der Waals surface area contributed by atoms with Gasteiger partial charge in [0.25, 0.3) is 0 Å². The summed E-state index contributed by atoms with van der Waals surface area (Å²) in [6.45, 7) is 4.78. The molecule has 22 heavy (non-hydrogen) atoms. The normalized spacial score (nSPS) is 25.1. The fraction of sp³-hybridized carbons (Fsp3) is 0.867. The Morgan fingerprint density at radius 3 is 2.36 bits per heavy atom. The fourth-order valence-corrected chi connectivity index (χ4v) is 5.02. The first-order valence-corrected chi connectivity index (χ1v) is 9.68. The van der Waals surface area contributed by atoms with E-state index in [1.807, 2.05) is 13.8 Å². The van der Waals surface area contributed by atoms with Crippen molar-refractivity contribution >= 4 is 21.7 Å². The zero-order valence-electron chi connectivity index (χ0n) is 13.2. The van der Waals surface area contributed by atoms with Crippen molar-refractivity contribution in [1.82, 2.24) is 4.90 Å². The van der Waals surface area contributed by atoms with Crippen LogP contribution in [0.1, 0.15) is 39.5 Å². The van der Waals surface area contributed by atoms with E-state index in [1.165, 1.54) is 0 Å². The Labute approximate surface area is 131 Å². The molecule has 0 aromatic rings. The highest BCUT2D eigenvalue weighted by molar-refractivity contribution is 7.91. The minimum atomic E-state index is -2.93. The number of nitrogens with zero attached hydrogens (tertiary/aromatic N) is 1. The summed E-state index contributed by atoms with van der Waals surface area (Å²) >= 11 is 0. The molecular formula is C15H25NO5S. The largest absolute Gasteiger partial charge is 0.481 e.